The molecular formula is C25H40FNO. The number of nitrogens with zero attached hydrogens (tertiary/aromatic N) is 1. The van der Waals surface area contributed by atoms with Crippen molar-refractivity contribution < 1.29 is 9.13 Å². The van der Waals surface area contributed by atoms with E-state index in [0.717, 1.165) is 37.2 Å². The van der Waals surface area contributed by atoms with E-state index in [1.807, 2.05) is 6.08 Å². The largest absolute Gasteiger partial charge is 0.378 e. The molecule has 0 saturated heterocycles. The fourth-order valence-electron chi connectivity index (χ4n) is 4.85. The average molecular weight is 390 g/mol. The normalized spacial score (nSPS) is 29.1. The number of nitriles is 1. The van der Waals surface area contributed by atoms with Crippen molar-refractivity contribution in [1.82, 2.24) is 0 Å². The van der Waals surface area contributed by atoms with E-state index in [-0.39, 0.29) is 0 Å². The first-order chi connectivity index (χ1) is 13.7. The van der Waals surface area contributed by atoms with Crippen LogP contribution in [0.3, 0.4) is 0 Å². The molecule has 0 N–H and O–H groups in total. The summed E-state index contributed by atoms with van der Waals surface area (Å²) in [6.07, 6.45) is 23.6. The zero-order valence-electron chi connectivity index (χ0n) is 17.9. The van der Waals surface area contributed by atoms with Gasteiger partial charge >= 0.3 is 0 Å². The lowest BCUT2D eigenvalue weighted by molar-refractivity contribution is -0.0102. The topological polar surface area (TPSA) is 33.0 Å². The molecule has 2 fully saturated rings. The summed E-state index contributed by atoms with van der Waals surface area (Å²) in [6, 6.07) is 1.49. The Bertz CT molecular complexity index is 505. The predicted molar refractivity (Wildman–Crippen MR) is 114 cm³/mol. The summed E-state index contributed by atoms with van der Waals surface area (Å²) in [4.78, 5) is 0. The van der Waals surface area contributed by atoms with E-state index in [1.54, 1.807) is 6.08 Å². The van der Waals surface area contributed by atoms with Gasteiger partial charge in [0.05, 0.1) is 6.10 Å². The van der Waals surface area contributed by atoms with Crippen molar-refractivity contribution >= 4 is 0 Å². The van der Waals surface area contributed by atoms with Gasteiger partial charge < -0.3 is 4.74 Å². The molecule has 2 nitrogen and oxygen atoms in total. The Hall–Kier alpha value is -1.14. The van der Waals surface area contributed by atoms with Crippen molar-refractivity contribution in [2.45, 2.75) is 103 Å². The van der Waals surface area contributed by atoms with E-state index >= 15 is 0 Å². The second kappa shape index (κ2) is 13.9. The number of ether oxygens (including phenoxy) is 1. The maximum absolute atomic E-state index is 12.7. The highest BCUT2D eigenvalue weighted by atomic mass is 19.1. The molecule has 0 aromatic carbocycles. The predicted octanol–water partition coefficient (Wildman–Crippen LogP) is 7.66. The van der Waals surface area contributed by atoms with Gasteiger partial charge in [0.2, 0.25) is 0 Å². The van der Waals surface area contributed by atoms with Crippen LogP contribution < -0.4 is 0 Å². The molecule has 3 heteroatoms. The van der Waals surface area contributed by atoms with Gasteiger partial charge in [0.1, 0.15) is 6.07 Å². The van der Waals surface area contributed by atoms with Crippen LogP contribution >= 0.6 is 0 Å². The van der Waals surface area contributed by atoms with E-state index < -0.39 is 5.83 Å². The van der Waals surface area contributed by atoms with Crippen molar-refractivity contribution in [2.24, 2.45) is 17.8 Å². The Balaban J connectivity index is 1.51. The average Bonchev–Trinajstić information content (AvgIpc) is 2.74. The summed E-state index contributed by atoms with van der Waals surface area (Å²) in [5.74, 6) is 1.83. The van der Waals surface area contributed by atoms with Crippen molar-refractivity contribution in [2.75, 3.05) is 6.61 Å². The van der Waals surface area contributed by atoms with Crippen LogP contribution in [0.5, 0.6) is 0 Å². The minimum atomic E-state index is -0.723. The van der Waals surface area contributed by atoms with Gasteiger partial charge in [-0.2, -0.15) is 9.65 Å². The fraction of sp³-hybridized carbons (Fsp3) is 0.800. The first kappa shape index (κ1) is 23.1. The standard InChI is InChI=1S/C25H40FNO/c1-2-3-5-8-21-11-13-23(14-12-21)20-28-25-17-15-22(16-18-25)9-6-4-7-10-24(26)19-27/h4,7,10,21-23,25H,2-3,5-6,8-9,11-18,20H2,1H3/b7-4+,24-10-. The van der Waals surface area contributed by atoms with Gasteiger partial charge in [0.25, 0.3) is 0 Å². The van der Waals surface area contributed by atoms with Crippen molar-refractivity contribution in [3.05, 3.63) is 24.1 Å². The van der Waals surface area contributed by atoms with E-state index in [9.17, 15) is 4.39 Å². The van der Waals surface area contributed by atoms with Gasteiger partial charge in [-0.05, 0) is 75.2 Å². The molecule has 2 rings (SSSR count). The van der Waals surface area contributed by atoms with E-state index in [0.29, 0.717) is 6.10 Å². The molecule has 0 atom stereocenters. The van der Waals surface area contributed by atoms with Gasteiger partial charge in [-0.3, -0.25) is 0 Å². The third-order valence-corrected chi connectivity index (χ3v) is 6.77. The Morgan fingerprint density at radius 3 is 2.29 bits per heavy atom. The van der Waals surface area contributed by atoms with Crippen LogP contribution in [0.2, 0.25) is 0 Å². The summed E-state index contributed by atoms with van der Waals surface area (Å²) in [5.41, 5.74) is 0. The van der Waals surface area contributed by atoms with Crippen LogP contribution in [0.25, 0.3) is 0 Å². The Kier molecular flexibility index (Phi) is 11.5. The molecule has 0 heterocycles. The number of hydrogen-bond acceptors (Lipinski definition) is 2. The highest BCUT2D eigenvalue weighted by Crippen LogP contribution is 2.34. The maximum Gasteiger partial charge on any atom is 0.199 e. The highest BCUT2D eigenvalue weighted by molar-refractivity contribution is 5.18. The molecule has 2 aliphatic rings. The lowest BCUT2D eigenvalue weighted by atomic mass is 9.80. The van der Waals surface area contributed by atoms with Crippen LogP contribution in [-0.2, 0) is 4.74 Å². The van der Waals surface area contributed by atoms with Crippen molar-refractivity contribution in [3.63, 3.8) is 0 Å². The second-order valence-electron chi connectivity index (χ2n) is 8.99. The van der Waals surface area contributed by atoms with E-state index in [2.05, 4.69) is 6.92 Å². The molecule has 2 saturated carbocycles. The summed E-state index contributed by atoms with van der Waals surface area (Å²) < 4.78 is 19.0. The quantitative estimate of drug-likeness (QED) is 0.206. The third-order valence-electron chi connectivity index (χ3n) is 6.77. The van der Waals surface area contributed by atoms with E-state index in [4.69, 9.17) is 10.00 Å². The molecular weight excluding hydrogens is 349 g/mol. The molecule has 28 heavy (non-hydrogen) atoms. The summed E-state index contributed by atoms with van der Waals surface area (Å²) >= 11 is 0. The van der Waals surface area contributed by atoms with Gasteiger partial charge in [-0.1, -0.05) is 57.6 Å². The van der Waals surface area contributed by atoms with Gasteiger partial charge in [0.15, 0.2) is 5.83 Å². The minimum Gasteiger partial charge on any atom is -0.378 e. The first-order valence-corrected chi connectivity index (χ1v) is 11.7. The number of allylic oxidation sites excluding steroid dienone is 4. The lowest BCUT2D eigenvalue weighted by Gasteiger charge is -2.32. The molecule has 0 radical (unpaired) electrons. The fourth-order valence-corrected chi connectivity index (χ4v) is 4.85. The van der Waals surface area contributed by atoms with Gasteiger partial charge in [-0.15, -0.1) is 0 Å². The molecule has 0 aromatic rings. The number of halogens is 1. The monoisotopic (exact) mass is 389 g/mol. The maximum atomic E-state index is 12.7. The SMILES string of the molecule is CCCCCC1CCC(COC2CCC(CC/C=C/C=C(\F)C#N)CC2)CC1. The smallest absolute Gasteiger partial charge is 0.199 e. The Labute approximate surface area is 172 Å². The van der Waals surface area contributed by atoms with Crippen LogP contribution in [0.1, 0.15) is 96.8 Å². The Morgan fingerprint density at radius 2 is 1.61 bits per heavy atom. The molecule has 0 spiro atoms. The third kappa shape index (κ3) is 9.37. The van der Waals surface area contributed by atoms with Crippen LogP contribution in [-0.4, -0.2) is 12.7 Å². The Morgan fingerprint density at radius 1 is 0.964 bits per heavy atom. The zero-order valence-corrected chi connectivity index (χ0v) is 17.9. The molecule has 0 bridgehead atoms. The molecule has 0 aromatic heterocycles. The van der Waals surface area contributed by atoms with Crippen molar-refractivity contribution in [3.8, 4) is 6.07 Å². The van der Waals surface area contributed by atoms with E-state index in [1.165, 1.54) is 89.2 Å². The summed E-state index contributed by atoms with van der Waals surface area (Å²) in [7, 11) is 0. The highest BCUT2D eigenvalue weighted by Gasteiger charge is 2.24. The number of hydrogen-bond donors (Lipinski definition) is 0. The molecule has 2 aliphatic carbocycles. The second-order valence-corrected chi connectivity index (χ2v) is 8.99. The summed E-state index contributed by atoms with van der Waals surface area (Å²) in [6.45, 7) is 3.27. The lowest BCUT2D eigenvalue weighted by Crippen LogP contribution is -2.26. The van der Waals surface area contributed by atoms with Crippen LogP contribution in [0, 0.1) is 29.1 Å². The first-order valence-electron chi connectivity index (χ1n) is 11.7. The van der Waals surface area contributed by atoms with Crippen LogP contribution in [0.4, 0.5) is 4.39 Å². The van der Waals surface area contributed by atoms with Gasteiger partial charge in [-0.25, -0.2) is 0 Å². The number of rotatable bonds is 11. The minimum absolute atomic E-state index is 0.474. The summed E-state index contributed by atoms with van der Waals surface area (Å²) in [5, 5.41) is 8.36. The molecule has 0 unspecified atom stereocenters. The number of unbranched alkanes of at least 4 members (excludes halogenated alkanes) is 2. The molecule has 0 aliphatic heterocycles. The molecule has 0 amide bonds. The van der Waals surface area contributed by atoms with Crippen molar-refractivity contribution in [1.29, 1.82) is 5.26 Å². The van der Waals surface area contributed by atoms with Gasteiger partial charge in [0, 0.05) is 6.61 Å². The van der Waals surface area contributed by atoms with Crippen LogP contribution in [0.15, 0.2) is 24.1 Å². The zero-order chi connectivity index (χ0) is 20.0. The molecule has 158 valence electrons.